The van der Waals surface area contributed by atoms with Crippen molar-refractivity contribution in [2.45, 2.75) is 133 Å². The molecule has 0 aliphatic heterocycles. The van der Waals surface area contributed by atoms with E-state index in [2.05, 4.69) is 111 Å². The van der Waals surface area contributed by atoms with Gasteiger partial charge in [-0.2, -0.15) is 13.2 Å². The van der Waals surface area contributed by atoms with Crippen LogP contribution in [0.25, 0.3) is 21.5 Å². The number of benzene rings is 6. The maximum absolute atomic E-state index is 14.2. The van der Waals surface area contributed by atoms with Gasteiger partial charge in [0.25, 0.3) is 0 Å². The number of halogens is 3. The molecule has 0 spiro atoms. The van der Waals surface area contributed by atoms with Gasteiger partial charge in [-0.1, -0.05) is 87.5 Å². The first kappa shape index (κ1) is 45.9. The van der Waals surface area contributed by atoms with Crippen molar-refractivity contribution in [3.05, 3.63) is 144 Å². The van der Waals surface area contributed by atoms with E-state index in [0.717, 1.165) is 92.4 Å². The van der Waals surface area contributed by atoms with E-state index in [1.54, 1.807) is 12.1 Å². The minimum atomic E-state index is -4.30. The van der Waals surface area contributed by atoms with E-state index in [9.17, 15) is 18.0 Å². The lowest BCUT2D eigenvalue weighted by Crippen LogP contribution is -2.61. The van der Waals surface area contributed by atoms with Crippen LogP contribution in [0, 0.1) is 35.0 Å². The second-order valence-corrected chi connectivity index (χ2v) is 22.4. The Bertz CT molecular complexity index is 2770. The van der Waals surface area contributed by atoms with Gasteiger partial charge >= 0.3 is 12.1 Å². The van der Waals surface area contributed by atoms with Crippen LogP contribution in [-0.2, 0) is 9.53 Å². The average Bonchev–Trinajstić information content (AvgIpc) is 3.96. The molecule has 0 saturated heterocycles. The Morgan fingerprint density at radius 2 is 1.19 bits per heavy atom. The number of esters is 1. The molecule has 69 heavy (non-hydrogen) atoms. The van der Waals surface area contributed by atoms with Crippen LogP contribution in [0.5, 0.6) is 23.0 Å². The smallest absolute Gasteiger partial charge is 0.394 e. The van der Waals surface area contributed by atoms with Crippen molar-refractivity contribution in [3.63, 3.8) is 0 Å². The van der Waals surface area contributed by atoms with Crippen LogP contribution in [0.15, 0.2) is 127 Å². The van der Waals surface area contributed by atoms with Crippen molar-refractivity contribution >= 4 is 27.5 Å². The van der Waals surface area contributed by atoms with E-state index < -0.39 is 24.1 Å². The minimum absolute atomic E-state index is 0.0581. The number of fused-ring (bicyclic) bond motifs is 4. The Hall–Kier alpha value is -5.50. The molecule has 360 valence electrons. The fraction of sp³-hybridized carbons (Fsp3) is 0.459. The molecule has 12 rings (SSSR count). The lowest BCUT2D eigenvalue weighted by atomic mass is 9.48. The lowest BCUT2D eigenvalue weighted by molar-refractivity contribution is -0.196. The summed E-state index contributed by atoms with van der Waals surface area (Å²) in [4.78, 5) is 14.2. The average molecular weight is 935 g/mol. The molecule has 6 aliphatic carbocycles. The van der Waals surface area contributed by atoms with Crippen molar-refractivity contribution in [1.29, 1.82) is 0 Å². The summed E-state index contributed by atoms with van der Waals surface area (Å²) in [5, 5.41) is 4.74. The third-order valence-corrected chi connectivity index (χ3v) is 17.2. The van der Waals surface area contributed by atoms with Crippen LogP contribution in [0.4, 0.5) is 13.2 Å². The molecule has 6 aromatic carbocycles. The zero-order chi connectivity index (χ0) is 47.5. The molecule has 6 aliphatic rings. The third kappa shape index (κ3) is 9.71. The summed E-state index contributed by atoms with van der Waals surface area (Å²) >= 11 is 0. The maximum Gasteiger partial charge on any atom is 0.394 e. The molecule has 6 aromatic rings. The van der Waals surface area contributed by atoms with Gasteiger partial charge in [-0.25, -0.2) is 0 Å². The quantitative estimate of drug-likeness (QED) is 0.0715. The fourth-order valence-corrected chi connectivity index (χ4v) is 13.9. The topological polar surface area (TPSA) is 54.0 Å². The summed E-state index contributed by atoms with van der Waals surface area (Å²) < 4.78 is 65.0. The normalized spacial score (nSPS) is 27.5. The fourth-order valence-electron chi connectivity index (χ4n) is 13.9. The highest BCUT2D eigenvalue weighted by Crippen LogP contribution is 2.63. The Balaban J connectivity index is 0.792. The van der Waals surface area contributed by atoms with E-state index >= 15 is 0 Å². The van der Waals surface area contributed by atoms with Gasteiger partial charge < -0.3 is 18.9 Å². The molecule has 5 nitrogen and oxygen atoms in total. The highest BCUT2D eigenvalue weighted by atomic mass is 19.4. The maximum atomic E-state index is 14.2. The lowest BCUT2D eigenvalue weighted by Gasteiger charge is -2.60. The van der Waals surface area contributed by atoms with Gasteiger partial charge in [0.2, 0.25) is 0 Å². The monoisotopic (exact) mass is 934 g/mol. The summed E-state index contributed by atoms with van der Waals surface area (Å²) in [5.41, 5.74) is 2.81. The van der Waals surface area contributed by atoms with Crippen molar-refractivity contribution in [3.8, 4) is 23.0 Å². The molecule has 6 fully saturated rings. The minimum Gasteiger partial charge on any atom is -0.493 e. The van der Waals surface area contributed by atoms with Crippen molar-refractivity contribution in [2.24, 2.45) is 35.0 Å². The van der Waals surface area contributed by atoms with Gasteiger partial charge in [-0.05, 0) is 211 Å². The largest absolute Gasteiger partial charge is 0.493 e. The number of rotatable bonds is 16. The number of hydrogen-bond donors (Lipinski definition) is 0. The van der Waals surface area contributed by atoms with Gasteiger partial charge in [0.1, 0.15) is 34.7 Å². The van der Waals surface area contributed by atoms with Crippen LogP contribution in [-0.4, -0.2) is 30.5 Å². The molecule has 0 aromatic heterocycles. The number of ether oxygens (including phenoxy) is 4. The van der Waals surface area contributed by atoms with E-state index in [1.165, 1.54) is 53.0 Å². The summed E-state index contributed by atoms with van der Waals surface area (Å²) in [6.45, 7) is 5.24. The number of carbonyl (C=O) groups is 1. The SMILES string of the molecule is CC(CC(CC(C)c1ccc(Oc2ccc3cc4ccccc4cc3c2)cc1)c1ccc(OC23CC4CC(C2)CC(C(=O)OC2CC5CCC2C5)(C4)C3)cc1)c1ccc(OCC(C)C(F)(F)F)cc1. The Kier molecular flexibility index (Phi) is 12.2. The van der Waals surface area contributed by atoms with Crippen molar-refractivity contribution in [1.82, 2.24) is 0 Å². The molecule has 0 amide bonds. The first-order valence-corrected chi connectivity index (χ1v) is 25.7. The molecular formula is C61H65F3O5. The van der Waals surface area contributed by atoms with Crippen molar-refractivity contribution < 1.29 is 36.9 Å². The molecular weight excluding hydrogens is 870 g/mol. The predicted octanol–water partition coefficient (Wildman–Crippen LogP) is 16.3. The zero-order valence-corrected chi connectivity index (χ0v) is 40.2. The van der Waals surface area contributed by atoms with Crippen LogP contribution < -0.4 is 14.2 Å². The Morgan fingerprint density at radius 1 is 0.609 bits per heavy atom. The van der Waals surface area contributed by atoms with Crippen LogP contribution in [0.2, 0.25) is 0 Å². The molecule has 0 N–H and O–H groups in total. The van der Waals surface area contributed by atoms with Crippen LogP contribution in [0.1, 0.15) is 132 Å². The molecule has 9 atom stereocenters. The second kappa shape index (κ2) is 18.4. The summed E-state index contributed by atoms with van der Waals surface area (Å²) in [7, 11) is 0. The van der Waals surface area contributed by atoms with Gasteiger partial charge in [-0.3, -0.25) is 4.79 Å². The van der Waals surface area contributed by atoms with Crippen LogP contribution in [0.3, 0.4) is 0 Å². The first-order chi connectivity index (χ1) is 33.2. The first-order valence-electron chi connectivity index (χ1n) is 25.7. The van der Waals surface area contributed by atoms with Crippen molar-refractivity contribution in [2.75, 3.05) is 6.61 Å². The van der Waals surface area contributed by atoms with E-state index in [4.69, 9.17) is 18.9 Å². The predicted molar refractivity (Wildman–Crippen MR) is 266 cm³/mol. The summed E-state index contributed by atoms with van der Waals surface area (Å²) in [6, 6.07) is 43.9. The van der Waals surface area contributed by atoms with Gasteiger partial charge in [0, 0.05) is 6.42 Å². The van der Waals surface area contributed by atoms with Gasteiger partial charge in [0.15, 0.2) is 0 Å². The third-order valence-electron chi connectivity index (χ3n) is 17.2. The Labute approximate surface area is 405 Å². The molecule has 6 bridgehead atoms. The Morgan fingerprint density at radius 3 is 1.80 bits per heavy atom. The molecule has 6 saturated carbocycles. The van der Waals surface area contributed by atoms with Gasteiger partial charge in [-0.15, -0.1) is 0 Å². The van der Waals surface area contributed by atoms with E-state index in [1.807, 2.05) is 18.2 Å². The second-order valence-electron chi connectivity index (χ2n) is 22.4. The standard InChI is InChI=1S/C61H65F3O5/c1-38(44-10-17-53(18-11-44)66-36-40(3)61(62,63)64)24-51(25-39(2)45-12-19-54(20-13-45)67-56-23-16-49-29-47-6-4-5-7-48(47)30-52(49)31-56)46-14-21-55(22-15-46)69-60-34-42-26-43(35-60)33-59(32-42,37-60)58(65)68-57-28-41-8-9-50(57)27-41/h4-7,10-23,29-31,38-43,50-51,57H,8-9,24-28,32-37H2,1-3H3. The number of carbonyl (C=O) groups excluding carboxylic acids is 1. The summed E-state index contributed by atoms with van der Waals surface area (Å²) in [5.74, 6) is 4.27. The highest BCUT2D eigenvalue weighted by Gasteiger charge is 2.63. The summed E-state index contributed by atoms with van der Waals surface area (Å²) in [6.07, 6.45) is 8.18. The zero-order valence-electron chi connectivity index (χ0n) is 40.2. The number of alkyl halides is 3. The molecule has 8 heteroatoms. The molecule has 0 heterocycles. The van der Waals surface area contributed by atoms with Gasteiger partial charge in [0.05, 0.1) is 17.9 Å². The van der Waals surface area contributed by atoms with E-state index in [0.29, 0.717) is 23.5 Å². The molecule has 9 unspecified atom stereocenters. The molecule has 0 radical (unpaired) electrons. The van der Waals surface area contributed by atoms with Crippen LogP contribution >= 0.6 is 0 Å². The highest BCUT2D eigenvalue weighted by molar-refractivity contribution is 5.98. The van der Waals surface area contributed by atoms with E-state index in [-0.39, 0.29) is 35.4 Å². The number of hydrogen-bond acceptors (Lipinski definition) is 5.